The number of aryl methyl sites for hydroxylation is 1. The Morgan fingerprint density at radius 1 is 1.50 bits per heavy atom. The molecule has 1 saturated heterocycles. The van der Waals surface area contributed by atoms with E-state index in [4.69, 9.17) is 5.11 Å². The molecule has 1 aromatic rings. The van der Waals surface area contributed by atoms with Gasteiger partial charge in [-0.1, -0.05) is 6.92 Å². The number of likely N-dealkylation sites (tertiary alicyclic amines) is 1. The van der Waals surface area contributed by atoms with Gasteiger partial charge in [0.2, 0.25) is 0 Å². The van der Waals surface area contributed by atoms with E-state index in [2.05, 4.69) is 4.98 Å². The second-order valence-electron chi connectivity index (χ2n) is 4.73. The van der Waals surface area contributed by atoms with Gasteiger partial charge < -0.3 is 10.0 Å². The fraction of sp³-hybridized carbons (Fsp3) is 0.462. The van der Waals surface area contributed by atoms with Crippen molar-refractivity contribution in [2.24, 2.45) is 11.8 Å². The highest BCUT2D eigenvalue weighted by Gasteiger charge is 2.37. The molecule has 1 aliphatic heterocycles. The van der Waals surface area contributed by atoms with Crippen molar-refractivity contribution in [1.29, 1.82) is 0 Å². The number of aliphatic carboxylic acids is 1. The van der Waals surface area contributed by atoms with Crippen LogP contribution >= 0.6 is 0 Å². The molecule has 1 fully saturated rings. The summed E-state index contributed by atoms with van der Waals surface area (Å²) in [4.78, 5) is 28.7. The summed E-state index contributed by atoms with van der Waals surface area (Å²) >= 11 is 0. The monoisotopic (exact) mass is 248 g/mol. The van der Waals surface area contributed by atoms with Gasteiger partial charge in [-0.15, -0.1) is 0 Å². The molecule has 1 aliphatic rings. The molecule has 0 aromatic carbocycles. The third-order valence-electron chi connectivity index (χ3n) is 3.53. The number of pyridine rings is 1. The zero-order valence-electron chi connectivity index (χ0n) is 10.5. The van der Waals surface area contributed by atoms with E-state index in [1.165, 1.54) is 0 Å². The minimum Gasteiger partial charge on any atom is -0.481 e. The fourth-order valence-corrected chi connectivity index (χ4v) is 2.08. The van der Waals surface area contributed by atoms with Crippen molar-refractivity contribution in [3.63, 3.8) is 0 Å². The van der Waals surface area contributed by atoms with Gasteiger partial charge in [-0.25, -0.2) is 0 Å². The number of hydrogen-bond acceptors (Lipinski definition) is 3. The molecular formula is C13H16N2O3. The molecule has 2 rings (SSSR count). The van der Waals surface area contributed by atoms with Gasteiger partial charge in [0.1, 0.15) is 0 Å². The lowest BCUT2D eigenvalue weighted by Crippen LogP contribution is -2.53. The van der Waals surface area contributed by atoms with Gasteiger partial charge >= 0.3 is 5.97 Å². The summed E-state index contributed by atoms with van der Waals surface area (Å²) in [5.41, 5.74) is 1.30. The van der Waals surface area contributed by atoms with E-state index >= 15 is 0 Å². The van der Waals surface area contributed by atoms with Gasteiger partial charge in [-0.05, 0) is 19.1 Å². The number of rotatable bonds is 3. The Balaban J connectivity index is 1.99. The maximum absolute atomic E-state index is 12.1. The second-order valence-corrected chi connectivity index (χ2v) is 4.73. The summed E-state index contributed by atoms with van der Waals surface area (Å²) in [5.74, 6) is -1.20. The Labute approximate surface area is 105 Å². The molecule has 0 spiro atoms. The second kappa shape index (κ2) is 4.76. The van der Waals surface area contributed by atoms with Gasteiger partial charge in [-0.3, -0.25) is 14.6 Å². The minimum absolute atomic E-state index is 0.0587. The fourth-order valence-electron chi connectivity index (χ4n) is 2.08. The van der Waals surface area contributed by atoms with Gasteiger partial charge in [0.25, 0.3) is 5.91 Å². The van der Waals surface area contributed by atoms with Crippen LogP contribution in [0.4, 0.5) is 0 Å². The highest BCUT2D eigenvalue weighted by molar-refractivity contribution is 5.95. The summed E-state index contributed by atoms with van der Waals surface area (Å²) in [6.45, 7) is 4.51. The number of nitrogens with zero attached hydrogens (tertiary/aromatic N) is 2. The Hall–Kier alpha value is -1.91. The molecular weight excluding hydrogens is 232 g/mol. The first kappa shape index (κ1) is 12.5. The van der Waals surface area contributed by atoms with Gasteiger partial charge in [0.15, 0.2) is 0 Å². The van der Waals surface area contributed by atoms with Crippen LogP contribution < -0.4 is 0 Å². The standard InChI is InChI=1S/C13H16N2O3/c1-8(13(17)18)10-6-15(7-10)12(16)11-4-3-5-14-9(11)2/h3-5,8,10H,6-7H2,1-2H3,(H,17,18). The zero-order valence-corrected chi connectivity index (χ0v) is 10.5. The molecule has 5 heteroatoms. The van der Waals surface area contributed by atoms with E-state index in [1.807, 2.05) is 0 Å². The van der Waals surface area contributed by atoms with Gasteiger partial charge in [0, 0.05) is 30.9 Å². The van der Waals surface area contributed by atoms with Crippen LogP contribution in [-0.2, 0) is 4.79 Å². The number of aromatic nitrogens is 1. The summed E-state index contributed by atoms with van der Waals surface area (Å²) in [7, 11) is 0. The van der Waals surface area contributed by atoms with Crippen LogP contribution in [-0.4, -0.2) is 40.0 Å². The largest absolute Gasteiger partial charge is 0.481 e. The van der Waals surface area contributed by atoms with E-state index in [0.717, 1.165) is 0 Å². The molecule has 96 valence electrons. The number of carbonyl (C=O) groups is 2. The molecule has 1 amide bonds. The van der Waals surface area contributed by atoms with E-state index in [9.17, 15) is 9.59 Å². The maximum atomic E-state index is 12.1. The average Bonchev–Trinajstić information content (AvgIpc) is 2.27. The van der Waals surface area contributed by atoms with Crippen LogP contribution in [0.15, 0.2) is 18.3 Å². The lowest BCUT2D eigenvalue weighted by Gasteiger charge is -2.41. The molecule has 1 atom stereocenters. The first-order valence-corrected chi connectivity index (χ1v) is 5.94. The van der Waals surface area contributed by atoms with Crippen LogP contribution in [0.2, 0.25) is 0 Å². The molecule has 2 heterocycles. The van der Waals surface area contributed by atoms with Crippen molar-refractivity contribution in [1.82, 2.24) is 9.88 Å². The topological polar surface area (TPSA) is 70.5 Å². The van der Waals surface area contributed by atoms with Crippen LogP contribution in [0.5, 0.6) is 0 Å². The predicted molar refractivity (Wildman–Crippen MR) is 65.2 cm³/mol. The Morgan fingerprint density at radius 3 is 2.72 bits per heavy atom. The van der Waals surface area contributed by atoms with Crippen molar-refractivity contribution in [3.05, 3.63) is 29.6 Å². The quantitative estimate of drug-likeness (QED) is 0.872. The Kier molecular flexibility index (Phi) is 3.32. The van der Waals surface area contributed by atoms with Crippen LogP contribution in [0.3, 0.4) is 0 Å². The normalized spacial score (nSPS) is 17.1. The number of carboxylic acids is 1. The number of amides is 1. The summed E-state index contributed by atoms with van der Waals surface area (Å²) in [6.07, 6.45) is 1.65. The highest BCUT2D eigenvalue weighted by Crippen LogP contribution is 2.25. The minimum atomic E-state index is -0.801. The van der Waals surface area contributed by atoms with E-state index < -0.39 is 11.9 Å². The summed E-state index contributed by atoms with van der Waals surface area (Å²) in [5, 5.41) is 8.89. The first-order chi connectivity index (χ1) is 8.50. The molecule has 1 N–H and O–H groups in total. The first-order valence-electron chi connectivity index (χ1n) is 5.94. The molecule has 0 aliphatic carbocycles. The van der Waals surface area contributed by atoms with Crippen molar-refractivity contribution in [3.8, 4) is 0 Å². The lowest BCUT2D eigenvalue weighted by molar-refractivity contribution is -0.144. The third kappa shape index (κ3) is 2.20. The van der Waals surface area contributed by atoms with Gasteiger partial charge in [0.05, 0.1) is 11.5 Å². The maximum Gasteiger partial charge on any atom is 0.306 e. The highest BCUT2D eigenvalue weighted by atomic mass is 16.4. The van der Waals surface area contributed by atoms with E-state index in [1.54, 1.807) is 37.1 Å². The molecule has 5 nitrogen and oxygen atoms in total. The smallest absolute Gasteiger partial charge is 0.306 e. The lowest BCUT2D eigenvalue weighted by atomic mass is 9.86. The van der Waals surface area contributed by atoms with Crippen molar-refractivity contribution in [2.45, 2.75) is 13.8 Å². The number of carbonyl (C=O) groups excluding carboxylic acids is 1. The van der Waals surface area contributed by atoms with Crippen LogP contribution in [0.25, 0.3) is 0 Å². The van der Waals surface area contributed by atoms with Crippen LogP contribution in [0, 0.1) is 18.8 Å². The molecule has 1 aromatic heterocycles. The van der Waals surface area contributed by atoms with Gasteiger partial charge in [-0.2, -0.15) is 0 Å². The molecule has 1 unspecified atom stereocenters. The molecule has 18 heavy (non-hydrogen) atoms. The molecule has 0 bridgehead atoms. The zero-order chi connectivity index (χ0) is 13.3. The van der Waals surface area contributed by atoms with Crippen molar-refractivity contribution >= 4 is 11.9 Å². The predicted octanol–water partition coefficient (Wildman–Crippen LogP) is 1.18. The van der Waals surface area contributed by atoms with Crippen LogP contribution in [0.1, 0.15) is 23.0 Å². The van der Waals surface area contributed by atoms with E-state index in [0.29, 0.717) is 24.3 Å². The molecule has 0 saturated carbocycles. The van der Waals surface area contributed by atoms with Crippen molar-refractivity contribution < 1.29 is 14.7 Å². The Bertz CT molecular complexity index is 481. The number of carboxylic acid groups (broad SMARTS) is 1. The third-order valence-corrected chi connectivity index (χ3v) is 3.53. The Morgan fingerprint density at radius 2 is 2.17 bits per heavy atom. The summed E-state index contributed by atoms with van der Waals surface area (Å²) < 4.78 is 0. The number of hydrogen-bond donors (Lipinski definition) is 1. The molecule has 0 radical (unpaired) electrons. The van der Waals surface area contributed by atoms with E-state index in [-0.39, 0.29) is 11.8 Å². The SMILES string of the molecule is Cc1ncccc1C(=O)N1CC(C(C)C(=O)O)C1. The summed E-state index contributed by atoms with van der Waals surface area (Å²) in [6, 6.07) is 3.48. The average molecular weight is 248 g/mol. The van der Waals surface area contributed by atoms with Crippen molar-refractivity contribution in [2.75, 3.05) is 13.1 Å².